The fourth-order valence-corrected chi connectivity index (χ4v) is 1.83. The molecule has 0 amide bonds. The third kappa shape index (κ3) is 3.33. The van der Waals surface area contributed by atoms with E-state index < -0.39 is 0 Å². The summed E-state index contributed by atoms with van der Waals surface area (Å²) in [5.41, 5.74) is 1.28. The number of rotatable bonds is 6. The highest BCUT2D eigenvalue weighted by atomic mass is 16.3. The van der Waals surface area contributed by atoms with Gasteiger partial charge in [0.15, 0.2) is 0 Å². The first-order valence-corrected chi connectivity index (χ1v) is 5.82. The van der Waals surface area contributed by atoms with Crippen LogP contribution in [-0.2, 0) is 6.54 Å². The summed E-state index contributed by atoms with van der Waals surface area (Å²) >= 11 is 0. The Bertz CT molecular complexity index is 433. The molecule has 1 atom stereocenters. The molecule has 1 aromatic carbocycles. The van der Waals surface area contributed by atoms with Crippen molar-refractivity contribution >= 4 is 0 Å². The molecule has 2 nitrogen and oxygen atoms in total. The highest BCUT2D eigenvalue weighted by Crippen LogP contribution is 2.17. The van der Waals surface area contributed by atoms with Crippen LogP contribution in [0.2, 0.25) is 0 Å². The Kier molecular flexibility index (Phi) is 4.17. The summed E-state index contributed by atoms with van der Waals surface area (Å²) in [6, 6.07) is 14.6. The summed E-state index contributed by atoms with van der Waals surface area (Å²) in [5, 5.41) is 3.47. The predicted octanol–water partition coefficient (Wildman–Crippen LogP) is 3.69. The zero-order chi connectivity index (χ0) is 11.9. The largest absolute Gasteiger partial charge is 0.468 e. The SMILES string of the molecule is C=CC[C@@H](NCc1ccco1)c1ccccc1. The molecule has 0 bridgehead atoms. The van der Waals surface area contributed by atoms with Crippen molar-refractivity contribution in [3.05, 3.63) is 72.7 Å². The van der Waals surface area contributed by atoms with Gasteiger partial charge in [0.1, 0.15) is 5.76 Å². The van der Waals surface area contributed by atoms with Gasteiger partial charge in [-0.15, -0.1) is 6.58 Å². The summed E-state index contributed by atoms with van der Waals surface area (Å²) in [6.07, 6.45) is 4.54. The average Bonchev–Trinajstić information content (AvgIpc) is 2.88. The third-order valence-electron chi connectivity index (χ3n) is 2.71. The van der Waals surface area contributed by atoms with Gasteiger partial charge in [-0.05, 0) is 24.1 Å². The molecule has 1 aromatic heterocycles. The van der Waals surface area contributed by atoms with E-state index in [1.165, 1.54) is 5.56 Å². The lowest BCUT2D eigenvalue weighted by molar-refractivity contribution is 0.450. The Balaban J connectivity index is 2.00. The first-order valence-electron chi connectivity index (χ1n) is 5.82. The Morgan fingerprint density at radius 1 is 1.18 bits per heavy atom. The molecule has 0 saturated carbocycles. The average molecular weight is 227 g/mol. The van der Waals surface area contributed by atoms with Gasteiger partial charge in [0.05, 0.1) is 12.8 Å². The fraction of sp³-hybridized carbons (Fsp3) is 0.200. The van der Waals surface area contributed by atoms with Crippen LogP contribution in [0.3, 0.4) is 0 Å². The molecule has 0 spiro atoms. The lowest BCUT2D eigenvalue weighted by Crippen LogP contribution is -2.20. The third-order valence-corrected chi connectivity index (χ3v) is 2.71. The van der Waals surface area contributed by atoms with Crippen LogP contribution in [0.1, 0.15) is 23.8 Å². The minimum absolute atomic E-state index is 0.291. The second kappa shape index (κ2) is 6.06. The van der Waals surface area contributed by atoms with Gasteiger partial charge in [-0.25, -0.2) is 0 Å². The van der Waals surface area contributed by atoms with Gasteiger partial charge in [-0.1, -0.05) is 36.4 Å². The lowest BCUT2D eigenvalue weighted by atomic mass is 10.0. The molecule has 0 aliphatic heterocycles. The Labute approximate surface area is 102 Å². The molecule has 1 N–H and O–H groups in total. The number of furan rings is 1. The van der Waals surface area contributed by atoms with E-state index in [1.807, 2.05) is 24.3 Å². The second-order valence-electron chi connectivity index (χ2n) is 3.95. The molecule has 0 fully saturated rings. The maximum atomic E-state index is 5.31. The van der Waals surface area contributed by atoms with Crippen LogP contribution >= 0.6 is 0 Å². The van der Waals surface area contributed by atoms with Crippen LogP contribution in [0.15, 0.2) is 65.8 Å². The van der Waals surface area contributed by atoms with Crippen LogP contribution < -0.4 is 5.32 Å². The standard InChI is InChI=1S/C15H17NO/c1-2-7-15(13-8-4-3-5-9-13)16-12-14-10-6-11-17-14/h2-6,8-11,15-16H,1,7,12H2/t15-/m1/s1. The van der Waals surface area contributed by atoms with E-state index in [1.54, 1.807) is 6.26 Å². The van der Waals surface area contributed by atoms with Gasteiger partial charge in [0.25, 0.3) is 0 Å². The summed E-state index contributed by atoms with van der Waals surface area (Å²) < 4.78 is 5.31. The van der Waals surface area contributed by atoms with Crippen LogP contribution in [0.4, 0.5) is 0 Å². The molecule has 0 aliphatic rings. The van der Waals surface area contributed by atoms with Crippen molar-refractivity contribution in [3.63, 3.8) is 0 Å². The van der Waals surface area contributed by atoms with Crippen LogP contribution in [-0.4, -0.2) is 0 Å². The van der Waals surface area contributed by atoms with E-state index in [0.717, 1.165) is 18.7 Å². The van der Waals surface area contributed by atoms with E-state index in [-0.39, 0.29) is 0 Å². The van der Waals surface area contributed by atoms with Gasteiger partial charge in [-0.3, -0.25) is 0 Å². The number of nitrogens with one attached hydrogen (secondary N) is 1. The Hall–Kier alpha value is -1.80. The van der Waals surface area contributed by atoms with E-state index in [2.05, 4.69) is 36.2 Å². The summed E-state index contributed by atoms with van der Waals surface area (Å²) in [4.78, 5) is 0. The highest BCUT2D eigenvalue weighted by molar-refractivity contribution is 5.19. The molecule has 0 saturated heterocycles. The molecule has 0 unspecified atom stereocenters. The first-order chi connectivity index (χ1) is 8.40. The number of benzene rings is 1. The Morgan fingerprint density at radius 3 is 2.65 bits per heavy atom. The van der Waals surface area contributed by atoms with Gasteiger partial charge >= 0.3 is 0 Å². The van der Waals surface area contributed by atoms with Gasteiger partial charge < -0.3 is 9.73 Å². The van der Waals surface area contributed by atoms with Gasteiger partial charge in [0, 0.05) is 6.04 Å². The fourth-order valence-electron chi connectivity index (χ4n) is 1.83. The molecule has 0 radical (unpaired) electrons. The molecule has 1 heterocycles. The summed E-state index contributed by atoms with van der Waals surface area (Å²) in [6.45, 7) is 4.54. The maximum absolute atomic E-state index is 5.31. The molecule has 0 aliphatic carbocycles. The molecule has 2 heteroatoms. The quantitative estimate of drug-likeness (QED) is 0.761. The van der Waals surface area contributed by atoms with Crippen molar-refractivity contribution in [2.24, 2.45) is 0 Å². The van der Waals surface area contributed by atoms with E-state index in [0.29, 0.717) is 6.04 Å². The second-order valence-corrected chi connectivity index (χ2v) is 3.95. The molecule has 2 aromatic rings. The first kappa shape index (κ1) is 11.7. The normalized spacial score (nSPS) is 12.2. The van der Waals surface area contributed by atoms with Gasteiger partial charge in [-0.2, -0.15) is 0 Å². The van der Waals surface area contributed by atoms with Gasteiger partial charge in [0.2, 0.25) is 0 Å². The maximum Gasteiger partial charge on any atom is 0.117 e. The topological polar surface area (TPSA) is 25.2 Å². The molecule has 17 heavy (non-hydrogen) atoms. The van der Waals surface area contributed by atoms with Crippen LogP contribution in [0, 0.1) is 0 Å². The van der Waals surface area contributed by atoms with Crippen molar-refractivity contribution in [2.75, 3.05) is 0 Å². The summed E-state index contributed by atoms with van der Waals surface area (Å²) in [5.74, 6) is 0.954. The molecule has 2 rings (SSSR count). The summed E-state index contributed by atoms with van der Waals surface area (Å²) in [7, 11) is 0. The van der Waals surface area contributed by atoms with Crippen molar-refractivity contribution in [1.82, 2.24) is 5.32 Å². The van der Waals surface area contributed by atoms with Crippen LogP contribution in [0.5, 0.6) is 0 Å². The molecular weight excluding hydrogens is 210 g/mol. The lowest BCUT2D eigenvalue weighted by Gasteiger charge is -2.16. The van der Waals surface area contributed by atoms with Crippen LogP contribution in [0.25, 0.3) is 0 Å². The van der Waals surface area contributed by atoms with Crippen molar-refractivity contribution in [2.45, 2.75) is 19.0 Å². The zero-order valence-corrected chi connectivity index (χ0v) is 9.80. The molecule has 88 valence electrons. The Morgan fingerprint density at radius 2 is 2.00 bits per heavy atom. The molecular formula is C15H17NO. The number of hydrogen-bond donors (Lipinski definition) is 1. The van der Waals surface area contributed by atoms with Crippen molar-refractivity contribution in [3.8, 4) is 0 Å². The van der Waals surface area contributed by atoms with E-state index in [9.17, 15) is 0 Å². The minimum atomic E-state index is 0.291. The van der Waals surface area contributed by atoms with E-state index >= 15 is 0 Å². The van der Waals surface area contributed by atoms with E-state index in [4.69, 9.17) is 4.42 Å². The highest BCUT2D eigenvalue weighted by Gasteiger charge is 2.09. The minimum Gasteiger partial charge on any atom is -0.468 e. The predicted molar refractivity (Wildman–Crippen MR) is 69.5 cm³/mol. The zero-order valence-electron chi connectivity index (χ0n) is 9.80. The van der Waals surface area contributed by atoms with Crippen molar-refractivity contribution in [1.29, 1.82) is 0 Å². The monoisotopic (exact) mass is 227 g/mol. The number of hydrogen-bond acceptors (Lipinski definition) is 2. The van der Waals surface area contributed by atoms with Crippen molar-refractivity contribution < 1.29 is 4.42 Å². The smallest absolute Gasteiger partial charge is 0.117 e.